The number of phenolic OH excluding ortho intramolecular Hbond substituents is 1. The zero-order chi connectivity index (χ0) is 13.7. The molecule has 2 rings (SSSR count). The summed E-state index contributed by atoms with van der Waals surface area (Å²) in [7, 11) is 0. The van der Waals surface area contributed by atoms with Gasteiger partial charge >= 0.3 is 0 Å². The number of amides is 1. The lowest BCUT2D eigenvalue weighted by molar-refractivity contribution is 0.0954. The van der Waals surface area contributed by atoms with Crippen LogP contribution in [0.15, 0.2) is 47.8 Å². The van der Waals surface area contributed by atoms with Crippen molar-refractivity contribution in [1.82, 2.24) is 10.4 Å². The fraction of sp³-hybridized carbons (Fsp3) is 0. The van der Waals surface area contributed by atoms with Crippen LogP contribution in [0.25, 0.3) is 0 Å². The fourth-order valence-corrected chi connectivity index (χ4v) is 1.35. The molecule has 19 heavy (non-hydrogen) atoms. The topological polar surface area (TPSA) is 74.6 Å². The molecule has 2 N–H and O–H groups in total. The molecule has 0 atom stereocenters. The minimum atomic E-state index is -0.502. The lowest BCUT2D eigenvalue weighted by Crippen LogP contribution is -2.17. The Kier molecular flexibility index (Phi) is 3.82. The smallest absolute Gasteiger partial charge is 0.272 e. The van der Waals surface area contributed by atoms with Gasteiger partial charge in [-0.15, -0.1) is 0 Å². The van der Waals surface area contributed by atoms with Gasteiger partial charge in [-0.2, -0.15) is 5.10 Å². The summed E-state index contributed by atoms with van der Waals surface area (Å²) >= 11 is 0. The molecule has 0 bridgehead atoms. The first-order chi connectivity index (χ1) is 9.16. The van der Waals surface area contributed by atoms with Crippen LogP contribution in [-0.2, 0) is 0 Å². The Morgan fingerprint density at radius 1 is 1.42 bits per heavy atom. The van der Waals surface area contributed by atoms with Crippen LogP contribution in [0.2, 0.25) is 0 Å². The van der Waals surface area contributed by atoms with Gasteiger partial charge in [0.15, 0.2) is 0 Å². The van der Waals surface area contributed by atoms with E-state index in [1.54, 1.807) is 18.3 Å². The Bertz CT molecular complexity index is 615. The molecular weight excluding hydrogens is 249 g/mol. The van der Waals surface area contributed by atoms with Crippen LogP contribution in [0.1, 0.15) is 15.9 Å². The number of nitrogens with one attached hydrogen (secondary N) is 1. The van der Waals surface area contributed by atoms with Gasteiger partial charge in [0, 0.05) is 18.0 Å². The van der Waals surface area contributed by atoms with E-state index in [4.69, 9.17) is 0 Å². The third kappa shape index (κ3) is 3.35. The van der Waals surface area contributed by atoms with Crippen molar-refractivity contribution < 1.29 is 14.3 Å². The predicted octanol–water partition coefficient (Wildman–Crippen LogP) is 1.69. The lowest BCUT2D eigenvalue weighted by Gasteiger charge is -2.00. The molecule has 0 aliphatic heterocycles. The second kappa shape index (κ2) is 5.72. The Balaban J connectivity index is 2.04. The minimum absolute atomic E-state index is 0.124. The molecule has 0 aliphatic carbocycles. The molecule has 5 nitrogen and oxygen atoms in total. The van der Waals surface area contributed by atoms with Crippen LogP contribution >= 0.6 is 0 Å². The number of carbonyl (C=O) groups is 1. The molecule has 1 aromatic carbocycles. The first-order valence-corrected chi connectivity index (χ1v) is 5.39. The van der Waals surface area contributed by atoms with Crippen molar-refractivity contribution in [1.29, 1.82) is 0 Å². The van der Waals surface area contributed by atoms with Crippen molar-refractivity contribution in [3.63, 3.8) is 0 Å². The maximum absolute atomic E-state index is 12.9. The molecule has 1 amide bonds. The third-order valence-electron chi connectivity index (χ3n) is 2.28. The Morgan fingerprint density at radius 2 is 2.26 bits per heavy atom. The molecule has 6 heteroatoms. The summed E-state index contributed by atoms with van der Waals surface area (Å²) in [6.45, 7) is 0. The number of nitrogens with zero attached hydrogens (tertiary/aromatic N) is 2. The van der Waals surface area contributed by atoms with Crippen LogP contribution in [-0.4, -0.2) is 22.2 Å². The summed E-state index contributed by atoms with van der Waals surface area (Å²) in [6, 6.07) is 6.64. The largest absolute Gasteiger partial charge is 0.507 e. The van der Waals surface area contributed by atoms with Crippen molar-refractivity contribution in [2.24, 2.45) is 5.10 Å². The van der Waals surface area contributed by atoms with Gasteiger partial charge in [-0.25, -0.2) is 9.82 Å². The number of rotatable bonds is 3. The molecular formula is C13H10FN3O2. The SMILES string of the molecule is O=C(NN=Cc1cc(F)ccc1O)c1cccnc1. The zero-order valence-corrected chi connectivity index (χ0v) is 9.75. The van der Waals surface area contributed by atoms with Crippen molar-refractivity contribution in [3.8, 4) is 5.75 Å². The molecule has 0 unspecified atom stereocenters. The van der Waals surface area contributed by atoms with Crippen molar-refractivity contribution in [3.05, 3.63) is 59.7 Å². The Labute approximate surface area is 108 Å². The molecule has 0 radical (unpaired) electrons. The first-order valence-electron chi connectivity index (χ1n) is 5.39. The maximum atomic E-state index is 12.9. The van der Waals surface area contributed by atoms with E-state index in [2.05, 4.69) is 15.5 Å². The number of pyridine rings is 1. The summed E-state index contributed by atoms with van der Waals surface area (Å²) in [5.74, 6) is -1.07. The van der Waals surface area contributed by atoms with Crippen LogP contribution < -0.4 is 5.43 Å². The van der Waals surface area contributed by atoms with Gasteiger partial charge in [-0.3, -0.25) is 9.78 Å². The van der Waals surface area contributed by atoms with Crippen molar-refractivity contribution in [2.45, 2.75) is 0 Å². The molecule has 1 heterocycles. The molecule has 0 fully saturated rings. The van der Waals surface area contributed by atoms with Crippen molar-refractivity contribution in [2.75, 3.05) is 0 Å². The second-order valence-corrected chi connectivity index (χ2v) is 3.64. The summed E-state index contributed by atoms with van der Waals surface area (Å²) in [5, 5.41) is 13.1. The van der Waals surface area contributed by atoms with Crippen LogP contribution in [0.4, 0.5) is 4.39 Å². The van der Waals surface area contributed by atoms with Gasteiger partial charge in [0.25, 0.3) is 5.91 Å². The number of aromatic hydroxyl groups is 1. The maximum Gasteiger partial charge on any atom is 0.272 e. The molecule has 2 aromatic rings. The van der Waals surface area contributed by atoms with E-state index in [1.165, 1.54) is 12.3 Å². The third-order valence-corrected chi connectivity index (χ3v) is 2.28. The number of hydrogen-bond acceptors (Lipinski definition) is 4. The monoisotopic (exact) mass is 259 g/mol. The summed E-state index contributed by atoms with van der Waals surface area (Å²) in [6.07, 6.45) is 4.10. The van der Waals surface area contributed by atoms with Crippen molar-refractivity contribution >= 4 is 12.1 Å². The number of hydrogen-bond donors (Lipinski definition) is 2. The molecule has 0 aliphatic rings. The molecule has 1 aromatic heterocycles. The van der Waals surface area contributed by atoms with E-state index in [0.29, 0.717) is 5.56 Å². The van der Waals surface area contributed by atoms with E-state index >= 15 is 0 Å². The Morgan fingerprint density at radius 3 is 3.00 bits per heavy atom. The van der Waals surface area contributed by atoms with Gasteiger partial charge in [0.2, 0.25) is 0 Å². The number of phenols is 1. The normalized spacial score (nSPS) is 10.6. The number of aromatic nitrogens is 1. The van der Waals surface area contributed by atoms with E-state index in [1.807, 2.05) is 0 Å². The molecule has 0 saturated heterocycles. The van der Waals surface area contributed by atoms with Gasteiger partial charge in [0.1, 0.15) is 11.6 Å². The number of halogens is 1. The fourth-order valence-electron chi connectivity index (χ4n) is 1.35. The van der Waals surface area contributed by atoms with Crippen LogP contribution in [0.5, 0.6) is 5.75 Å². The highest BCUT2D eigenvalue weighted by Gasteiger charge is 2.03. The van der Waals surface area contributed by atoms with E-state index in [9.17, 15) is 14.3 Å². The van der Waals surface area contributed by atoms with E-state index in [-0.39, 0.29) is 11.3 Å². The number of benzene rings is 1. The van der Waals surface area contributed by atoms with Gasteiger partial charge in [0.05, 0.1) is 11.8 Å². The average molecular weight is 259 g/mol. The summed E-state index contributed by atoms with van der Waals surface area (Å²) in [4.78, 5) is 15.4. The minimum Gasteiger partial charge on any atom is -0.507 e. The van der Waals surface area contributed by atoms with Crippen LogP contribution in [0.3, 0.4) is 0 Å². The average Bonchev–Trinajstić information content (AvgIpc) is 2.43. The quantitative estimate of drug-likeness (QED) is 0.650. The second-order valence-electron chi connectivity index (χ2n) is 3.64. The van der Waals surface area contributed by atoms with Crippen LogP contribution in [0, 0.1) is 5.82 Å². The number of hydrazone groups is 1. The summed E-state index contributed by atoms with van der Waals surface area (Å²) in [5.41, 5.74) is 2.77. The highest BCUT2D eigenvalue weighted by atomic mass is 19.1. The molecule has 96 valence electrons. The molecule has 0 saturated carbocycles. The summed E-state index contributed by atoms with van der Waals surface area (Å²) < 4.78 is 12.9. The lowest BCUT2D eigenvalue weighted by atomic mass is 10.2. The highest BCUT2D eigenvalue weighted by molar-refractivity contribution is 5.94. The highest BCUT2D eigenvalue weighted by Crippen LogP contribution is 2.15. The van der Waals surface area contributed by atoms with Gasteiger partial charge in [-0.1, -0.05) is 0 Å². The van der Waals surface area contributed by atoms with Gasteiger partial charge < -0.3 is 5.11 Å². The standard InChI is InChI=1S/C13H10FN3O2/c14-11-3-4-12(18)10(6-11)8-16-17-13(19)9-2-1-5-15-7-9/h1-8,18H,(H,17,19). The van der Waals surface area contributed by atoms with Gasteiger partial charge in [-0.05, 0) is 30.3 Å². The van der Waals surface area contributed by atoms with E-state index < -0.39 is 11.7 Å². The molecule has 0 spiro atoms. The first kappa shape index (κ1) is 12.7. The zero-order valence-electron chi connectivity index (χ0n) is 9.75. The Hall–Kier alpha value is -2.76. The van der Waals surface area contributed by atoms with E-state index in [0.717, 1.165) is 18.3 Å². The predicted molar refractivity (Wildman–Crippen MR) is 67.4 cm³/mol. The number of carbonyl (C=O) groups excluding carboxylic acids is 1.